The van der Waals surface area contributed by atoms with Crippen molar-refractivity contribution in [3.05, 3.63) is 21.1 Å². The zero-order chi connectivity index (χ0) is 9.42. The van der Waals surface area contributed by atoms with Crippen molar-refractivity contribution in [1.29, 1.82) is 0 Å². The number of nitrogens with two attached hydrogens (primary N) is 1. The van der Waals surface area contributed by atoms with Crippen LogP contribution >= 0.6 is 33.9 Å². The Kier molecular flexibility index (Phi) is 2.33. The molecule has 0 fully saturated rings. The average molecular weight is 305 g/mol. The second kappa shape index (κ2) is 3.34. The van der Waals surface area contributed by atoms with E-state index in [-0.39, 0.29) is 0 Å². The van der Waals surface area contributed by atoms with Crippen molar-refractivity contribution in [1.82, 2.24) is 0 Å². The monoisotopic (exact) mass is 305 g/mol. The van der Waals surface area contributed by atoms with Crippen LogP contribution in [0.4, 0.5) is 5.69 Å². The van der Waals surface area contributed by atoms with Crippen molar-refractivity contribution in [3.63, 3.8) is 0 Å². The number of hydrogen-bond acceptors (Lipinski definition) is 3. The van der Waals surface area contributed by atoms with Crippen LogP contribution in [-0.2, 0) is 0 Å². The molecule has 4 heteroatoms. The second-order valence-corrected chi connectivity index (χ2v) is 4.69. The molecule has 0 saturated carbocycles. The number of halogens is 1. The molecule has 13 heavy (non-hydrogen) atoms. The lowest BCUT2D eigenvalue weighted by Crippen LogP contribution is -1.88. The van der Waals surface area contributed by atoms with Crippen molar-refractivity contribution >= 4 is 49.7 Å². The number of benzene rings is 1. The molecule has 0 bridgehead atoms. The zero-order valence-corrected chi connectivity index (χ0v) is 9.98. The minimum absolute atomic E-state index is 0.786. The molecule has 1 aromatic heterocycles. The molecule has 2 N–H and O–H groups in total. The van der Waals surface area contributed by atoms with Gasteiger partial charge >= 0.3 is 0 Å². The number of thiophene rings is 1. The van der Waals surface area contributed by atoms with Crippen molar-refractivity contribution in [2.45, 2.75) is 0 Å². The van der Waals surface area contributed by atoms with Crippen LogP contribution in [0.1, 0.15) is 0 Å². The number of rotatable bonds is 1. The Hall–Kier alpha value is -0.490. The van der Waals surface area contributed by atoms with E-state index in [4.69, 9.17) is 10.5 Å². The van der Waals surface area contributed by atoms with Gasteiger partial charge in [0.2, 0.25) is 0 Å². The molecule has 2 aromatic rings. The lowest BCUT2D eigenvalue weighted by Gasteiger charge is -2.01. The number of fused-ring (bicyclic) bond motifs is 1. The molecule has 1 heterocycles. The molecule has 0 aliphatic heterocycles. The van der Waals surface area contributed by atoms with Crippen LogP contribution in [0.2, 0.25) is 0 Å². The maximum Gasteiger partial charge on any atom is 0.139 e. The Morgan fingerprint density at radius 2 is 2.23 bits per heavy atom. The number of hydrogen-bond donors (Lipinski definition) is 1. The molecular formula is C9H8INOS. The fourth-order valence-electron chi connectivity index (χ4n) is 1.26. The van der Waals surface area contributed by atoms with Crippen molar-refractivity contribution in [2.75, 3.05) is 12.8 Å². The third kappa shape index (κ3) is 1.38. The highest BCUT2D eigenvalue weighted by Crippen LogP contribution is 2.38. The highest BCUT2D eigenvalue weighted by molar-refractivity contribution is 14.1. The molecule has 0 aliphatic carbocycles. The first-order valence-electron chi connectivity index (χ1n) is 3.73. The van der Waals surface area contributed by atoms with Gasteiger partial charge in [0, 0.05) is 14.6 Å². The number of ether oxygens (including phenoxy) is 1. The SMILES string of the molecule is COc1csc2c(I)ccc(N)c12. The Morgan fingerprint density at radius 3 is 2.92 bits per heavy atom. The van der Waals surface area contributed by atoms with Gasteiger partial charge in [0.25, 0.3) is 0 Å². The fraction of sp³-hybridized carbons (Fsp3) is 0.111. The third-order valence-electron chi connectivity index (χ3n) is 1.89. The smallest absolute Gasteiger partial charge is 0.139 e. The van der Waals surface area contributed by atoms with Gasteiger partial charge in [-0.3, -0.25) is 0 Å². The minimum Gasteiger partial charge on any atom is -0.495 e. The summed E-state index contributed by atoms with van der Waals surface area (Å²) in [6.45, 7) is 0. The third-order valence-corrected chi connectivity index (χ3v) is 4.15. The summed E-state index contributed by atoms with van der Waals surface area (Å²) in [4.78, 5) is 0. The van der Waals surface area contributed by atoms with Crippen molar-refractivity contribution in [3.8, 4) is 5.75 Å². The van der Waals surface area contributed by atoms with Crippen molar-refractivity contribution in [2.24, 2.45) is 0 Å². The maximum atomic E-state index is 5.87. The van der Waals surface area contributed by atoms with Crippen LogP contribution in [0.3, 0.4) is 0 Å². The quantitative estimate of drug-likeness (QED) is 0.649. The van der Waals surface area contributed by atoms with Gasteiger partial charge in [-0.1, -0.05) is 0 Å². The van der Waals surface area contributed by atoms with Crippen LogP contribution in [0.15, 0.2) is 17.5 Å². The predicted octanol–water partition coefficient (Wildman–Crippen LogP) is 3.10. The van der Waals surface area contributed by atoms with Gasteiger partial charge in [-0.05, 0) is 34.7 Å². The van der Waals surface area contributed by atoms with E-state index in [2.05, 4.69) is 22.6 Å². The lowest BCUT2D eigenvalue weighted by atomic mass is 10.2. The first-order valence-corrected chi connectivity index (χ1v) is 5.69. The highest BCUT2D eigenvalue weighted by Gasteiger charge is 2.09. The van der Waals surface area contributed by atoms with E-state index >= 15 is 0 Å². The maximum absolute atomic E-state index is 5.87. The van der Waals surface area contributed by atoms with Crippen LogP contribution < -0.4 is 10.5 Å². The van der Waals surface area contributed by atoms with E-state index in [0.717, 1.165) is 16.8 Å². The summed E-state index contributed by atoms with van der Waals surface area (Å²) in [6, 6.07) is 3.94. The molecule has 2 nitrogen and oxygen atoms in total. The molecule has 2 rings (SSSR count). The first-order chi connectivity index (χ1) is 6.24. The molecule has 1 aromatic carbocycles. The molecule has 0 saturated heterocycles. The Balaban J connectivity index is 2.87. The first kappa shape index (κ1) is 9.08. The van der Waals surface area contributed by atoms with Crippen LogP contribution in [-0.4, -0.2) is 7.11 Å². The van der Waals surface area contributed by atoms with Gasteiger partial charge in [-0.25, -0.2) is 0 Å². The molecule has 0 amide bonds. The van der Waals surface area contributed by atoms with Crippen molar-refractivity contribution < 1.29 is 4.74 Å². The number of nitrogen functional groups attached to an aromatic ring is 1. The standard InChI is InChI=1S/C9H8INOS/c1-12-7-4-13-9-5(10)2-3-6(11)8(7)9/h2-4H,11H2,1H3. The fourth-order valence-corrected chi connectivity index (χ4v) is 3.05. The van der Waals surface area contributed by atoms with Gasteiger partial charge in [-0.2, -0.15) is 0 Å². The summed E-state index contributed by atoms with van der Waals surface area (Å²) >= 11 is 3.97. The summed E-state index contributed by atoms with van der Waals surface area (Å²) in [6.07, 6.45) is 0. The van der Waals surface area contributed by atoms with Gasteiger partial charge in [0.05, 0.1) is 17.2 Å². The summed E-state index contributed by atoms with van der Waals surface area (Å²) in [5.41, 5.74) is 6.65. The van der Waals surface area contributed by atoms with E-state index in [1.807, 2.05) is 17.5 Å². The van der Waals surface area contributed by atoms with Gasteiger partial charge in [0.15, 0.2) is 0 Å². The van der Waals surface area contributed by atoms with E-state index < -0.39 is 0 Å². The van der Waals surface area contributed by atoms with Gasteiger partial charge in [-0.15, -0.1) is 11.3 Å². The van der Waals surface area contributed by atoms with Crippen LogP contribution in [0.25, 0.3) is 10.1 Å². The van der Waals surface area contributed by atoms with E-state index in [1.54, 1.807) is 18.4 Å². The largest absolute Gasteiger partial charge is 0.495 e. The molecule has 0 atom stereocenters. The highest BCUT2D eigenvalue weighted by atomic mass is 127. The molecule has 68 valence electrons. The molecule has 0 aliphatic rings. The summed E-state index contributed by atoms with van der Waals surface area (Å²) < 4.78 is 7.65. The summed E-state index contributed by atoms with van der Waals surface area (Å²) in [5.74, 6) is 0.871. The Labute approximate surface area is 93.8 Å². The average Bonchev–Trinajstić information content (AvgIpc) is 2.56. The minimum atomic E-state index is 0.786. The topological polar surface area (TPSA) is 35.2 Å². The van der Waals surface area contributed by atoms with E-state index in [0.29, 0.717) is 0 Å². The van der Waals surface area contributed by atoms with E-state index in [1.165, 1.54) is 8.27 Å². The zero-order valence-electron chi connectivity index (χ0n) is 7.00. The van der Waals surface area contributed by atoms with Crippen LogP contribution in [0.5, 0.6) is 5.75 Å². The second-order valence-electron chi connectivity index (χ2n) is 2.64. The Bertz CT molecular complexity index is 452. The molecule has 0 spiro atoms. The van der Waals surface area contributed by atoms with Gasteiger partial charge in [0.1, 0.15) is 5.75 Å². The molecule has 0 unspecified atom stereocenters. The van der Waals surface area contributed by atoms with Gasteiger partial charge < -0.3 is 10.5 Å². The molecular weight excluding hydrogens is 297 g/mol. The lowest BCUT2D eigenvalue weighted by molar-refractivity contribution is 0.421. The summed E-state index contributed by atoms with van der Waals surface area (Å²) in [5, 5.41) is 3.03. The number of methoxy groups -OCH3 is 1. The molecule has 0 radical (unpaired) electrons. The summed E-state index contributed by atoms with van der Waals surface area (Å²) in [7, 11) is 1.67. The predicted molar refractivity (Wildman–Crippen MR) is 65.5 cm³/mol. The normalized spacial score (nSPS) is 10.6. The van der Waals surface area contributed by atoms with Crippen LogP contribution in [0, 0.1) is 3.57 Å². The Morgan fingerprint density at radius 1 is 1.46 bits per heavy atom. The number of anilines is 1. The van der Waals surface area contributed by atoms with E-state index in [9.17, 15) is 0 Å².